The van der Waals surface area contributed by atoms with Gasteiger partial charge in [-0.3, -0.25) is 14.7 Å². The number of rotatable bonds is 6. The normalized spacial score (nSPS) is 14.1. The fourth-order valence-corrected chi connectivity index (χ4v) is 3.54. The number of anilines is 2. The first kappa shape index (κ1) is 30.4. The summed E-state index contributed by atoms with van der Waals surface area (Å²) in [6, 6.07) is 13.1. The van der Waals surface area contributed by atoms with Crippen LogP contribution in [0.1, 0.15) is 33.6 Å². The third-order valence-corrected chi connectivity index (χ3v) is 5.46. The highest BCUT2D eigenvalue weighted by Gasteiger charge is 2.38. The number of ether oxygens (including phenoxy) is 1. The summed E-state index contributed by atoms with van der Waals surface area (Å²) in [5.74, 6) is -2.31. The van der Waals surface area contributed by atoms with E-state index in [4.69, 9.17) is 14.6 Å². The quantitative estimate of drug-likeness (QED) is 0.543. The molecule has 1 saturated heterocycles. The van der Waals surface area contributed by atoms with Crippen LogP contribution in [0.15, 0.2) is 54.9 Å². The molecule has 2 aromatic rings. The van der Waals surface area contributed by atoms with Crippen LogP contribution < -0.4 is 10.2 Å². The number of piperidine rings is 1. The Labute approximate surface area is 219 Å². The highest BCUT2D eigenvalue weighted by molar-refractivity contribution is 5.95. The SMILES string of the molecule is CC(C)(C)OC(=O)N(CC(=O)N1CCC(CNc2ccncc2)CC1)c1ccccc1.O=C(O)C(F)(F)F. The van der Waals surface area contributed by atoms with E-state index in [2.05, 4.69) is 10.3 Å². The number of nitrogens with zero attached hydrogens (tertiary/aromatic N) is 3. The number of aliphatic carboxylic acids is 1. The van der Waals surface area contributed by atoms with Gasteiger partial charge in [0.05, 0.1) is 0 Å². The minimum Gasteiger partial charge on any atom is -0.475 e. The lowest BCUT2D eigenvalue weighted by molar-refractivity contribution is -0.192. The summed E-state index contributed by atoms with van der Waals surface area (Å²) in [5.41, 5.74) is 1.08. The van der Waals surface area contributed by atoms with Gasteiger partial charge in [-0.05, 0) is 63.8 Å². The summed E-state index contributed by atoms with van der Waals surface area (Å²) in [7, 11) is 0. The van der Waals surface area contributed by atoms with Gasteiger partial charge in [-0.15, -0.1) is 0 Å². The minimum absolute atomic E-state index is 0.0289. The van der Waals surface area contributed by atoms with Crippen molar-refractivity contribution in [1.29, 1.82) is 0 Å². The summed E-state index contributed by atoms with van der Waals surface area (Å²) < 4.78 is 37.3. The topological polar surface area (TPSA) is 112 Å². The molecular weight excluding hydrogens is 505 g/mol. The van der Waals surface area contributed by atoms with Gasteiger partial charge in [0, 0.05) is 43.4 Å². The third-order valence-electron chi connectivity index (χ3n) is 5.46. The van der Waals surface area contributed by atoms with Crippen molar-refractivity contribution >= 4 is 29.3 Å². The molecule has 1 fully saturated rings. The van der Waals surface area contributed by atoms with Crippen LogP contribution in [0.2, 0.25) is 0 Å². The zero-order valence-corrected chi connectivity index (χ0v) is 21.6. The Hall–Kier alpha value is -3.83. The Kier molecular flexibility index (Phi) is 10.9. The summed E-state index contributed by atoms with van der Waals surface area (Å²) >= 11 is 0. The molecule has 1 aromatic carbocycles. The molecule has 0 spiro atoms. The van der Waals surface area contributed by atoms with E-state index in [-0.39, 0.29) is 12.5 Å². The number of amides is 2. The standard InChI is InChI=1S/C24H32N4O3.C2HF3O2/c1-24(2,3)31-23(30)28(21-7-5-4-6-8-21)18-22(29)27-15-11-19(12-16-27)17-26-20-9-13-25-14-10-20;3-2(4,5)1(6)7/h4-10,13-14,19H,11-12,15-18H2,1-3H3,(H,25,26);(H,6,7). The second-order valence-corrected chi connectivity index (χ2v) is 9.65. The van der Waals surface area contributed by atoms with Gasteiger partial charge in [0.15, 0.2) is 0 Å². The maximum absolute atomic E-state index is 13.0. The van der Waals surface area contributed by atoms with Crippen LogP contribution in [0.25, 0.3) is 0 Å². The van der Waals surface area contributed by atoms with E-state index >= 15 is 0 Å². The van der Waals surface area contributed by atoms with Gasteiger partial charge in [-0.1, -0.05) is 18.2 Å². The highest BCUT2D eigenvalue weighted by atomic mass is 19.4. The van der Waals surface area contributed by atoms with Gasteiger partial charge in [-0.25, -0.2) is 9.59 Å². The number of aromatic nitrogens is 1. The number of carbonyl (C=O) groups excluding carboxylic acids is 2. The molecule has 2 heterocycles. The van der Waals surface area contributed by atoms with Crippen LogP contribution in [0.5, 0.6) is 0 Å². The van der Waals surface area contributed by atoms with Crippen LogP contribution in [0.4, 0.5) is 29.3 Å². The fourth-order valence-electron chi connectivity index (χ4n) is 3.54. The van der Waals surface area contributed by atoms with Gasteiger partial charge >= 0.3 is 18.2 Å². The number of carboxylic acid groups (broad SMARTS) is 1. The van der Waals surface area contributed by atoms with Crippen molar-refractivity contribution < 1.29 is 37.4 Å². The van der Waals surface area contributed by atoms with Gasteiger partial charge in [0.2, 0.25) is 5.91 Å². The first-order chi connectivity index (χ1) is 17.8. The van der Waals surface area contributed by atoms with E-state index in [1.165, 1.54) is 4.90 Å². The van der Waals surface area contributed by atoms with E-state index in [0.29, 0.717) is 24.7 Å². The first-order valence-electron chi connectivity index (χ1n) is 12.0. The number of benzene rings is 1. The van der Waals surface area contributed by atoms with Crippen molar-refractivity contribution in [2.45, 2.75) is 45.4 Å². The van der Waals surface area contributed by atoms with E-state index < -0.39 is 23.8 Å². The molecule has 1 aliphatic heterocycles. The zero-order valence-electron chi connectivity index (χ0n) is 21.6. The Morgan fingerprint density at radius 1 is 1.05 bits per heavy atom. The number of halogens is 3. The minimum atomic E-state index is -5.08. The number of carbonyl (C=O) groups is 3. The van der Waals surface area contributed by atoms with Crippen molar-refractivity contribution in [2.24, 2.45) is 5.92 Å². The lowest BCUT2D eigenvalue weighted by Crippen LogP contribution is -2.47. The van der Waals surface area contributed by atoms with E-state index in [1.807, 2.05) is 68.1 Å². The summed E-state index contributed by atoms with van der Waals surface area (Å²) in [6.07, 6.45) is -0.189. The average Bonchev–Trinajstić information content (AvgIpc) is 2.86. The largest absolute Gasteiger partial charge is 0.490 e. The lowest BCUT2D eigenvalue weighted by Gasteiger charge is -2.34. The van der Waals surface area contributed by atoms with Crippen LogP contribution in [0, 0.1) is 5.92 Å². The number of carboxylic acids is 1. The number of pyridine rings is 1. The Morgan fingerprint density at radius 2 is 1.61 bits per heavy atom. The molecule has 208 valence electrons. The maximum atomic E-state index is 13.0. The van der Waals surface area contributed by atoms with Crippen LogP contribution >= 0.6 is 0 Å². The summed E-state index contributed by atoms with van der Waals surface area (Å²) in [4.78, 5) is 42.0. The molecule has 0 saturated carbocycles. The summed E-state index contributed by atoms with van der Waals surface area (Å²) in [6.45, 7) is 7.69. The molecule has 1 aliphatic rings. The number of hydrogen-bond acceptors (Lipinski definition) is 6. The monoisotopic (exact) mass is 538 g/mol. The highest BCUT2D eigenvalue weighted by Crippen LogP contribution is 2.21. The molecule has 0 bridgehead atoms. The summed E-state index contributed by atoms with van der Waals surface area (Å²) in [5, 5.41) is 10.6. The third kappa shape index (κ3) is 10.7. The van der Waals surface area contributed by atoms with Crippen LogP contribution in [0.3, 0.4) is 0 Å². The lowest BCUT2D eigenvalue weighted by atomic mass is 9.96. The number of hydrogen-bond donors (Lipinski definition) is 2. The van der Waals surface area contributed by atoms with Gasteiger partial charge in [-0.2, -0.15) is 13.2 Å². The molecule has 12 heteroatoms. The molecule has 0 unspecified atom stereocenters. The fraction of sp³-hybridized carbons (Fsp3) is 0.462. The molecule has 9 nitrogen and oxygen atoms in total. The molecule has 38 heavy (non-hydrogen) atoms. The molecule has 1 aromatic heterocycles. The van der Waals surface area contributed by atoms with Crippen LogP contribution in [-0.2, 0) is 14.3 Å². The van der Waals surface area contributed by atoms with Gasteiger partial charge in [0.1, 0.15) is 12.1 Å². The predicted octanol–water partition coefficient (Wildman–Crippen LogP) is 4.81. The number of para-hydroxylation sites is 1. The van der Waals surface area contributed by atoms with E-state index in [9.17, 15) is 22.8 Å². The Balaban J connectivity index is 0.000000638. The smallest absolute Gasteiger partial charge is 0.475 e. The van der Waals surface area contributed by atoms with Crippen molar-refractivity contribution in [1.82, 2.24) is 9.88 Å². The molecule has 0 aliphatic carbocycles. The molecule has 2 N–H and O–H groups in total. The zero-order chi connectivity index (χ0) is 28.3. The number of nitrogens with one attached hydrogen (secondary N) is 1. The molecule has 0 atom stereocenters. The Bertz CT molecular complexity index is 1040. The molecule has 2 amide bonds. The van der Waals surface area contributed by atoms with Crippen molar-refractivity contribution in [3.63, 3.8) is 0 Å². The molecule has 0 radical (unpaired) electrons. The van der Waals surface area contributed by atoms with Crippen molar-refractivity contribution in [2.75, 3.05) is 36.4 Å². The first-order valence-corrected chi connectivity index (χ1v) is 12.0. The van der Waals surface area contributed by atoms with Gasteiger partial charge in [0.25, 0.3) is 0 Å². The number of alkyl halides is 3. The maximum Gasteiger partial charge on any atom is 0.490 e. The van der Waals surface area contributed by atoms with Crippen LogP contribution in [-0.4, -0.2) is 70.9 Å². The second-order valence-electron chi connectivity index (χ2n) is 9.65. The van der Waals surface area contributed by atoms with E-state index in [0.717, 1.165) is 25.1 Å². The van der Waals surface area contributed by atoms with Gasteiger partial charge < -0.3 is 20.1 Å². The Morgan fingerprint density at radius 3 is 2.11 bits per heavy atom. The van der Waals surface area contributed by atoms with Crippen molar-refractivity contribution in [3.05, 3.63) is 54.9 Å². The van der Waals surface area contributed by atoms with E-state index in [1.54, 1.807) is 12.4 Å². The van der Waals surface area contributed by atoms with Crippen molar-refractivity contribution in [3.8, 4) is 0 Å². The number of likely N-dealkylation sites (tertiary alicyclic amines) is 1. The average molecular weight is 539 g/mol. The molecule has 3 rings (SSSR count). The molecular formula is C26H33F3N4O5. The second kappa shape index (κ2) is 13.6. The predicted molar refractivity (Wildman–Crippen MR) is 136 cm³/mol.